The van der Waals surface area contributed by atoms with Crippen LogP contribution in [0.25, 0.3) is 0 Å². The average Bonchev–Trinajstić information content (AvgIpc) is 2.51. The molecule has 0 aliphatic heterocycles. The van der Waals surface area contributed by atoms with Gasteiger partial charge in [0.25, 0.3) is 5.76 Å². The molecule has 0 aromatic heterocycles. The van der Waals surface area contributed by atoms with Crippen molar-refractivity contribution in [3.63, 3.8) is 0 Å². The van der Waals surface area contributed by atoms with Gasteiger partial charge in [-0.15, -0.1) is 0 Å². The molecule has 0 saturated carbocycles. The Morgan fingerprint density at radius 2 is 1.74 bits per heavy atom. The quantitative estimate of drug-likeness (QED) is 0.359. The highest BCUT2D eigenvalue weighted by Crippen LogP contribution is 2.26. The molecule has 0 saturated heterocycles. The van der Waals surface area contributed by atoms with E-state index < -0.39 is 5.76 Å². The summed E-state index contributed by atoms with van der Waals surface area (Å²) in [5.41, 5.74) is 3.98. The summed E-state index contributed by atoms with van der Waals surface area (Å²) in [6, 6.07) is 12.2. The summed E-state index contributed by atoms with van der Waals surface area (Å²) in [5, 5.41) is 7.04. The van der Waals surface area contributed by atoms with Crippen LogP contribution in [0.4, 0.5) is 18.9 Å². The molecule has 0 aliphatic carbocycles. The van der Waals surface area contributed by atoms with Crippen LogP contribution in [0.2, 0.25) is 0 Å². The fourth-order valence-electron chi connectivity index (χ4n) is 1.59. The molecule has 0 aliphatic rings. The van der Waals surface area contributed by atoms with Crippen LogP contribution in [-0.4, -0.2) is 17.1 Å². The molecular weight excluding hydrogens is 343 g/mol. The molecule has 0 spiro atoms. The van der Waals surface area contributed by atoms with Crippen LogP contribution >= 0.6 is 24.0 Å². The predicted molar refractivity (Wildman–Crippen MR) is 91.7 cm³/mol. The van der Waals surface area contributed by atoms with Crippen molar-refractivity contribution in [3.05, 3.63) is 59.9 Å². The second-order valence-corrected chi connectivity index (χ2v) is 5.75. The maximum Gasteiger partial charge on any atom is 0.288 e. The maximum absolute atomic E-state index is 12.7. The molecule has 0 atom stereocenters. The lowest BCUT2D eigenvalue weighted by Gasteiger charge is -2.07. The molecular formula is C15H12F3N3S2. The fourth-order valence-corrected chi connectivity index (χ4v) is 2.26. The normalized spacial score (nSPS) is 11.0. The van der Waals surface area contributed by atoms with Crippen LogP contribution in [-0.2, 0) is 0 Å². The lowest BCUT2D eigenvalue weighted by Crippen LogP contribution is -2.23. The van der Waals surface area contributed by atoms with E-state index in [1.807, 2.05) is 0 Å². The Morgan fingerprint density at radius 1 is 1.09 bits per heavy atom. The molecule has 120 valence electrons. The van der Waals surface area contributed by atoms with Gasteiger partial charge in [-0.1, -0.05) is 23.9 Å². The van der Waals surface area contributed by atoms with E-state index in [-0.39, 0.29) is 10.9 Å². The first-order chi connectivity index (χ1) is 11.0. The lowest BCUT2D eigenvalue weighted by atomic mass is 10.2. The van der Waals surface area contributed by atoms with E-state index in [0.717, 1.165) is 5.56 Å². The zero-order valence-corrected chi connectivity index (χ0v) is 13.3. The number of benzene rings is 2. The van der Waals surface area contributed by atoms with Gasteiger partial charge < -0.3 is 5.32 Å². The molecule has 2 aromatic rings. The molecule has 2 aromatic carbocycles. The Kier molecular flexibility index (Phi) is 6.42. The van der Waals surface area contributed by atoms with Gasteiger partial charge in [-0.25, -0.2) is 4.39 Å². The van der Waals surface area contributed by atoms with Gasteiger partial charge in [-0.05, 0) is 54.2 Å². The van der Waals surface area contributed by atoms with Gasteiger partial charge in [0, 0.05) is 10.6 Å². The largest absolute Gasteiger partial charge is 0.331 e. The number of thioether (sulfide) groups is 1. The van der Waals surface area contributed by atoms with Crippen LogP contribution in [0, 0.1) is 5.82 Å². The summed E-state index contributed by atoms with van der Waals surface area (Å²) in [4.78, 5) is 0.471. The molecule has 0 heterocycles. The van der Waals surface area contributed by atoms with E-state index in [1.54, 1.807) is 36.4 Å². The highest BCUT2D eigenvalue weighted by Gasteiger charge is 2.05. The standard InChI is InChI=1S/C15H12F3N3S2/c16-11-3-1-10(2-4-11)9-19-21-15(22)20-12-5-7-13(8-6-12)23-14(17)18/h1-9,14H,(H2,20,21,22)/b19-9-. The molecule has 0 amide bonds. The number of anilines is 1. The van der Waals surface area contributed by atoms with E-state index in [0.29, 0.717) is 22.3 Å². The summed E-state index contributed by atoms with van der Waals surface area (Å²) >= 11 is 5.53. The van der Waals surface area contributed by atoms with Gasteiger partial charge in [-0.2, -0.15) is 13.9 Å². The molecule has 0 radical (unpaired) electrons. The van der Waals surface area contributed by atoms with E-state index in [4.69, 9.17) is 12.2 Å². The van der Waals surface area contributed by atoms with Crippen molar-refractivity contribution in [3.8, 4) is 0 Å². The minimum atomic E-state index is -2.45. The van der Waals surface area contributed by atoms with Gasteiger partial charge in [0.2, 0.25) is 0 Å². The summed E-state index contributed by atoms with van der Waals surface area (Å²) in [6.45, 7) is 0. The highest BCUT2D eigenvalue weighted by atomic mass is 32.2. The van der Waals surface area contributed by atoms with Gasteiger partial charge in [0.05, 0.1) is 6.21 Å². The van der Waals surface area contributed by atoms with Crippen LogP contribution in [0.5, 0.6) is 0 Å². The maximum atomic E-state index is 12.7. The number of nitrogens with one attached hydrogen (secondary N) is 2. The van der Waals surface area contributed by atoms with Crippen molar-refractivity contribution in [1.29, 1.82) is 0 Å². The van der Waals surface area contributed by atoms with Gasteiger partial charge >= 0.3 is 0 Å². The lowest BCUT2D eigenvalue weighted by molar-refractivity contribution is 0.252. The molecule has 23 heavy (non-hydrogen) atoms. The number of nitrogens with zero attached hydrogens (tertiary/aromatic N) is 1. The van der Waals surface area contributed by atoms with Crippen molar-refractivity contribution in [2.45, 2.75) is 10.7 Å². The van der Waals surface area contributed by atoms with Crippen LogP contribution in [0.3, 0.4) is 0 Å². The summed E-state index contributed by atoms with van der Waals surface area (Å²) in [6.07, 6.45) is 1.50. The second kappa shape index (κ2) is 8.54. The zero-order valence-electron chi connectivity index (χ0n) is 11.7. The number of thiocarbonyl (C=S) groups is 1. The average molecular weight is 355 g/mol. The van der Waals surface area contributed by atoms with Crippen molar-refractivity contribution < 1.29 is 13.2 Å². The third-order valence-electron chi connectivity index (χ3n) is 2.59. The Labute approximate surface area is 141 Å². The van der Waals surface area contributed by atoms with Crippen LogP contribution in [0.1, 0.15) is 5.56 Å². The van der Waals surface area contributed by atoms with Crippen LogP contribution in [0.15, 0.2) is 58.5 Å². The SMILES string of the molecule is Fc1ccc(/C=N\NC(=S)Nc2ccc(SC(F)F)cc2)cc1. The van der Waals surface area contributed by atoms with Crippen molar-refractivity contribution in [2.75, 3.05) is 5.32 Å². The topological polar surface area (TPSA) is 36.4 Å². The monoisotopic (exact) mass is 355 g/mol. The first kappa shape index (κ1) is 17.3. The molecule has 0 unspecified atom stereocenters. The summed E-state index contributed by atoms with van der Waals surface area (Å²) < 4.78 is 37.2. The highest BCUT2D eigenvalue weighted by molar-refractivity contribution is 7.99. The van der Waals surface area contributed by atoms with Gasteiger partial charge in [-0.3, -0.25) is 5.43 Å². The van der Waals surface area contributed by atoms with E-state index >= 15 is 0 Å². The van der Waals surface area contributed by atoms with E-state index in [1.165, 1.54) is 18.3 Å². The molecule has 0 bridgehead atoms. The minimum Gasteiger partial charge on any atom is -0.331 e. The predicted octanol–water partition coefficient (Wildman–Crippen LogP) is 4.46. The minimum absolute atomic E-state index is 0.248. The third kappa shape index (κ3) is 6.29. The van der Waals surface area contributed by atoms with Crippen LogP contribution < -0.4 is 10.7 Å². The smallest absolute Gasteiger partial charge is 0.288 e. The first-order valence-electron chi connectivity index (χ1n) is 6.43. The number of hydrazone groups is 1. The van der Waals surface area contributed by atoms with E-state index in [2.05, 4.69) is 15.8 Å². The molecule has 0 fully saturated rings. The molecule has 8 heteroatoms. The number of alkyl halides is 2. The number of rotatable bonds is 5. The Balaban J connectivity index is 1.83. The molecule has 2 rings (SSSR count). The third-order valence-corrected chi connectivity index (χ3v) is 3.50. The Hall–Kier alpha value is -2.06. The Morgan fingerprint density at radius 3 is 2.35 bits per heavy atom. The fraction of sp³-hybridized carbons (Fsp3) is 0.0667. The summed E-state index contributed by atoms with van der Waals surface area (Å²) in [7, 11) is 0. The zero-order chi connectivity index (χ0) is 16.7. The first-order valence-corrected chi connectivity index (χ1v) is 7.72. The van der Waals surface area contributed by atoms with Gasteiger partial charge in [0.15, 0.2) is 5.11 Å². The second-order valence-electron chi connectivity index (χ2n) is 4.28. The molecule has 3 nitrogen and oxygen atoms in total. The summed E-state index contributed by atoms with van der Waals surface area (Å²) in [5.74, 6) is -2.77. The van der Waals surface area contributed by atoms with E-state index in [9.17, 15) is 13.2 Å². The number of halogens is 3. The van der Waals surface area contributed by atoms with Crippen molar-refractivity contribution in [2.24, 2.45) is 5.10 Å². The number of hydrogen-bond donors (Lipinski definition) is 2. The van der Waals surface area contributed by atoms with Crippen molar-refractivity contribution >= 4 is 41.0 Å². The number of hydrogen-bond acceptors (Lipinski definition) is 3. The Bertz CT molecular complexity index is 673. The van der Waals surface area contributed by atoms with Gasteiger partial charge in [0.1, 0.15) is 5.82 Å². The molecule has 2 N–H and O–H groups in total. The van der Waals surface area contributed by atoms with Crippen molar-refractivity contribution in [1.82, 2.24) is 5.43 Å².